The second-order valence-electron chi connectivity index (χ2n) is 4.17. The zero-order chi connectivity index (χ0) is 14.7. The molecular formula is C14H12N2O4. The van der Waals surface area contributed by atoms with Crippen molar-refractivity contribution in [3.8, 4) is 5.75 Å². The molecule has 20 heavy (non-hydrogen) atoms. The van der Waals surface area contributed by atoms with Crippen molar-refractivity contribution in [2.75, 3.05) is 5.32 Å². The Morgan fingerprint density at radius 2 is 2.00 bits per heavy atom. The van der Waals surface area contributed by atoms with Crippen LogP contribution < -0.4 is 5.32 Å². The molecule has 3 N–H and O–H groups in total. The third kappa shape index (κ3) is 2.74. The summed E-state index contributed by atoms with van der Waals surface area (Å²) in [6.07, 6.45) is 2.53. The maximum Gasteiger partial charge on any atom is 0.336 e. The third-order valence-corrected chi connectivity index (χ3v) is 2.80. The van der Waals surface area contributed by atoms with Crippen molar-refractivity contribution in [3.63, 3.8) is 0 Å². The highest BCUT2D eigenvalue weighted by molar-refractivity contribution is 6.05. The molecule has 1 aromatic heterocycles. The summed E-state index contributed by atoms with van der Waals surface area (Å²) < 4.78 is 0. The lowest BCUT2D eigenvalue weighted by molar-refractivity contribution is 0.0695. The van der Waals surface area contributed by atoms with Crippen LogP contribution in [-0.2, 0) is 0 Å². The predicted octanol–water partition coefficient (Wildman–Crippen LogP) is 2.05. The van der Waals surface area contributed by atoms with Crippen molar-refractivity contribution < 1.29 is 19.8 Å². The lowest BCUT2D eigenvalue weighted by atomic mass is 10.1. The molecule has 2 aromatic rings. The number of rotatable bonds is 3. The molecule has 1 heterocycles. The van der Waals surface area contributed by atoms with E-state index in [9.17, 15) is 14.7 Å². The molecule has 6 heteroatoms. The largest absolute Gasteiger partial charge is 0.506 e. The van der Waals surface area contributed by atoms with E-state index in [1.807, 2.05) is 0 Å². The number of amides is 1. The number of aromatic carboxylic acids is 1. The van der Waals surface area contributed by atoms with E-state index in [0.717, 1.165) is 0 Å². The molecule has 1 amide bonds. The second-order valence-corrected chi connectivity index (χ2v) is 4.17. The number of nitrogens with zero attached hydrogens (tertiary/aromatic N) is 1. The fraction of sp³-hybridized carbons (Fsp3) is 0.0714. The topological polar surface area (TPSA) is 99.5 Å². The standard InChI is InChI=1S/C14H12N2O4/c1-8-11(14(19)20)3-2-4-12(8)16-13(18)9-5-10(17)7-15-6-9/h2-7,17H,1H3,(H,16,18)(H,19,20). The molecule has 2 rings (SSSR count). The van der Waals surface area contributed by atoms with Crippen molar-refractivity contribution in [2.45, 2.75) is 6.92 Å². The van der Waals surface area contributed by atoms with Crippen molar-refractivity contribution >= 4 is 17.6 Å². The number of pyridine rings is 1. The second kappa shape index (κ2) is 5.40. The van der Waals surface area contributed by atoms with Gasteiger partial charge in [-0.15, -0.1) is 0 Å². The van der Waals surface area contributed by atoms with Gasteiger partial charge in [0.25, 0.3) is 5.91 Å². The molecule has 0 radical (unpaired) electrons. The van der Waals surface area contributed by atoms with Crippen molar-refractivity contribution in [1.82, 2.24) is 4.98 Å². The normalized spacial score (nSPS) is 10.1. The predicted molar refractivity (Wildman–Crippen MR) is 72.0 cm³/mol. The Morgan fingerprint density at radius 1 is 1.25 bits per heavy atom. The van der Waals surface area contributed by atoms with Gasteiger partial charge in [-0.05, 0) is 30.7 Å². The first kappa shape index (κ1) is 13.5. The fourth-order valence-corrected chi connectivity index (χ4v) is 1.75. The Labute approximate surface area is 114 Å². The molecule has 0 spiro atoms. The zero-order valence-electron chi connectivity index (χ0n) is 10.6. The summed E-state index contributed by atoms with van der Waals surface area (Å²) in [5.41, 5.74) is 1.17. The number of anilines is 1. The van der Waals surface area contributed by atoms with Crippen molar-refractivity contribution in [2.24, 2.45) is 0 Å². The Hall–Kier alpha value is -2.89. The summed E-state index contributed by atoms with van der Waals surface area (Å²) in [4.78, 5) is 26.7. The molecule has 0 atom stereocenters. The van der Waals surface area contributed by atoms with E-state index in [0.29, 0.717) is 11.3 Å². The number of nitrogens with one attached hydrogen (secondary N) is 1. The SMILES string of the molecule is Cc1c(NC(=O)c2cncc(O)c2)cccc1C(=O)O. The van der Waals surface area contributed by atoms with Gasteiger partial charge in [0.15, 0.2) is 0 Å². The van der Waals surface area contributed by atoms with Gasteiger partial charge in [-0.1, -0.05) is 6.07 Å². The average molecular weight is 272 g/mol. The quantitative estimate of drug-likeness (QED) is 0.794. The maximum absolute atomic E-state index is 12.0. The van der Waals surface area contributed by atoms with Crippen LogP contribution in [0.5, 0.6) is 5.75 Å². The van der Waals surface area contributed by atoms with Gasteiger partial charge in [0.1, 0.15) is 5.75 Å². The molecule has 0 aliphatic rings. The number of aromatic hydroxyl groups is 1. The number of carboxylic acid groups (broad SMARTS) is 1. The van der Waals surface area contributed by atoms with E-state index in [1.54, 1.807) is 19.1 Å². The molecule has 102 valence electrons. The number of carbonyl (C=O) groups is 2. The molecule has 1 aromatic carbocycles. The Kier molecular flexibility index (Phi) is 3.65. The summed E-state index contributed by atoms with van der Waals surface area (Å²) >= 11 is 0. The maximum atomic E-state index is 12.0. The van der Waals surface area contributed by atoms with Crippen LogP contribution in [0, 0.1) is 6.92 Å². The Morgan fingerprint density at radius 3 is 2.65 bits per heavy atom. The number of benzene rings is 1. The van der Waals surface area contributed by atoms with E-state index in [-0.39, 0.29) is 16.9 Å². The highest BCUT2D eigenvalue weighted by atomic mass is 16.4. The first-order chi connectivity index (χ1) is 9.49. The van der Waals surface area contributed by atoms with Crippen LogP contribution in [0.25, 0.3) is 0 Å². The fourth-order valence-electron chi connectivity index (χ4n) is 1.75. The highest BCUT2D eigenvalue weighted by Crippen LogP contribution is 2.20. The van der Waals surface area contributed by atoms with E-state index in [4.69, 9.17) is 5.11 Å². The number of hydrogen-bond acceptors (Lipinski definition) is 4. The van der Waals surface area contributed by atoms with Crippen LogP contribution in [0.15, 0.2) is 36.7 Å². The molecule has 0 fully saturated rings. The molecule has 0 unspecified atom stereocenters. The van der Waals surface area contributed by atoms with Gasteiger partial charge < -0.3 is 15.5 Å². The lowest BCUT2D eigenvalue weighted by Gasteiger charge is -2.10. The van der Waals surface area contributed by atoms with Crippen molar-refractivity contribution in [3.05, 3.63) is 53.3 Å². The van der Waals surface area contributed by atoms with Gasteiger partial charge in [0.05, 0.1) is 17.3 Å². The molecule has 6 nitrogen and oxygen atoms in total. The Bertz CT molecular complexity index is 683. The lowest BCUT2D eigenvalue weighted by Crippen LogP contribution is -2.14. The smallest absolute Gasteiger partial charge is 0.336 e. The number of hydrogen-bond donors (Lipinski definition) is 3. The zero-order valence-corrected chi connectivity index (χ0v) is 10.6. The first-order valence-corrected chi connectivity index (χ1v) is 5.77. The monoisotopic (exact) mass is 272 g/mol. The minimum atomic E-state index is -1.06. The van der Waals surface area contributed by atoms with Gasteiger partial charge in [-0.25, -0.2) is 4.79 Å². The molecule has 0 saturated heterocycles. The first-order valence-electron chi connectivity index (χ1n) is 5.77. The van der Waals surface area contributed by atoms with E-state index in [2.05, 4.69) is 10.3 Å². The van der Waals surface area contributed by atoms with Gasteiger partial charge in [-0.2, -0.15) is 0 Å². The van der Waals surface area contributed by atoms with Crippen LogP contribution >= 0.6 is 0 Å². The van der Waals surface area contributed by atoms with Crippen LogP contribution in [0.4, 0.5) is 5.69 Å². The van der Waals surface area contributed by atoms with E-state index >= 15 is 0 Å². The van der Waals surface area contributed by atoms with Gasteiger partial charge >= 0.3 is 5.97 Å². The van der Waals surface area contributed by atoms with Gasteiger partial charge in [0.2, 0.25) is 0 Å². The molecule has 0 saturated carbocycles. The minimum Gasteiger partial charge on any atom is -0.506 e. The van der Waals surface area contributed by atoms with Gasteiger partial charge in [-0.3, -0.25) is 9.78 Å². The summed E-state index contributed by atoms with van der Waals surface area (Å²) in [6, 6.07) is 5.89. The summed E-state index contributed by atoms with van der Waals surface area (Å²) in [5.74, 6) is -1.65. The third-order valence-electron chi connectivity index (χ3n) is 2.80. The average Bonchev–Trinajstić information content (AvgIpc) is 2.40. The minimum absolute atomic E-state index is 0.117. The van der Waals surface area contributed by atoms with E-state index < -0.39 is 11.9 Å². The van der Waals surface area contributed by atoms with Crippen molar-refractivity contribution in [1.29, 1.82) is 0 Å². The highest BCUT2D eigenvalue weighted by Gasteiger charge is 2.13. The van der Waals surface area contributed by atoms with Crippen LogP contribution in [0.2, 0.25) is 0 Å². The van der Waals surface area contributed by atoms with Crippen LogP contribution in [-0.4, -0.2) is 27.1 Å². The van der Waals surface area contributed by atoms with E-state index in [1.165, 1.54) is 24.5 Å². The summed E-state index contributed by atoms with van der Waals surface area (Å²) in [5, 5.41) is 20.9. The number of carboxylic acids is 1. The Balaban J connectivity index is 2.29. The number of carbonyl (C=O) groups excluding carboxylic acids is 1. The van der Waals surface area contributed by atoms with Crippen LogP contribution in [0.1, 0.15) is 26.3 Å². The summed E-state index contributed by atoms with van der Waals surface area (Å²) in [7, 11) is 0. The molecule has 0 aliphatic heterocycles. The number of aromatic nitrogens is 1. The molecular weight excluding hydrogens is 260 g/mol. The van der Waals surface area contributed by atoms with Gasteiger partial charge in [0, 0.05) is 11.9 Å². The van der Waals surface area contributed by atoms with Crippen LogP contribution in [0.3, 0.4) is 0 Å². The molecule has 0 bridgehead atoms. The summed E-state index contributed by atoms with van der Waals surface area (Å²) in [6.45, 7) is 1.61. The molecule has 0 aliphatic carbocycles.